The molecule has 0 aliphatic carbocycles. The van der Waals surface area contributed by atoms with E-state index in [-0.39, 0.29) is 16.0 Å². The summed E-state index contributed by atoms with van der Waals surface area (Å²) in [5.41, 5.74) is 11.1. The van der Waals surface area contributed by atoms with Gasteiger partial charge < -0.3 is 34.8 Å². The Hall–Kier alpha value is -2.84. The van der Waals surface area contributed by atoms with Crippen LogP contribution in [0.4, 0.5) is 5.69 Å². The average Bonchev–Trinajstić information content (AvgIpc) is 3.49. The van der Waals surface area contributed by atoms with Crippen molar-refractivity contribution in [3.8, 4) is 0 Å². The molecule has 0 amide bonds. The van der Waals surface area contributed by atoms with Crippen LogP contribution in [0.25, 0.3) is 5.32 Å². The number of nitrogens with one attached hydrogen (secondary N) is 1. The Morgan fingerprint density at radius 3 is 2.17 bits per heavy atom. The zero-order valence-electron chi connectivity index (χ0n) is 18.0. The number of rotatable bonds is 6. The summed E-state index contributed by atoms with van der Waals surface area (Å²) in [6.45, 7) is 1.66. The number of nitrogens with zero attached hydrogens (tertiary/aromatic N) is 4. The van der Waals surface area contributed by atoms with E-state index in [1.54, 1.807) is 24.5 Å². The molecule has 2 aromatic heterocycles. The first-order chi connectivity index (χ1) is 16.6. The molecule has 35 heavy (non-hydrogen) atoms. The van der Waals surface area contributed by atoms with Crippen LogP contribution >= 0.6 is 22.7 Å². The fraction of sp³-hybridized carbons (Fsp3) is 0.0526. The van der Waals surface area contributed by atoms with Gasteiger partial charge in [0, 0.05) is 15.7 Å². The van der Waals surface area contributed by atoms with E-state index in [0.717, 1.165) is 9.75 Å². The van der Waals surface area contributed by atoms with Gasteiger partial charge in [0.15, 0.2) is 0 Å². The van der Waals surface area contributed by atoms with E-state index < -0.39 is 28.5 Å². The first kappa shape index (κ1) is 30.2. The summed E-state index contributed by atoms with van der Waals surface area (Å²) in [7, 11) is -3.76. The molecule has 184 valence electrons. The van der Waals surface area contributed by atoms with Gasteiger partial charge in [-0.3, -0.25) is 0 Å². The molecular weight excluding hydrogens is 614 g/mol. The molecule has 0 saturated heterocycles. The van der Waals surface area contributed by atoms with Gasteiger partial charge in [-0.2, -0.15) is 23.0 Å². The van der Waals surface area contributed by atoms with Crippen LogP contribution in [0.5, 0.6) is 0 Å². The zero-order valence-corrected chi connectivity index (χ0v) is 23.2. The predicted octanol–water partition coefficient (Wildman–Crippen LogP) is 3.55. The topological polar surface area (TPSA) is 195 Å². The Bertz CT molecular complexity index is 1300. The van der Waals surface area contributed by atoms with E-state index in [4.69, 9.17) is 23.7 Å². The Morgan fingerprint density at radius 1 is 1.09 bits per heavy atom. The molecule has 0 atom stereocenters. The van der Waals surface area contributed by atoms with Crippen molar-refractivity contribution in [2.24, 2.45) is 26.1 Å². The van der Waals surface area contributed by atoms with Crippen LogP contribution < -0.4 is 11.5 Å². The summed E-state index contributed by atoms with van der Waals surface area (Å²) in [5, 5.41) is 21.8. The molecule has 3 aromatic rings. The average molecular weight is 634 g/mol. The molecule has 0 unspecified atom stereocenters. The molecule has 0 aliphatic rings. The first-order valence-corrected chi connectivity index (χ1v) is 14.3. The van der Waals surface area contributed by atoms with Crippen molar-refractivity contribution in [2.45, 2.75) is 11.8 Å². The maximum absolute atomic E-state index is 12.2. The Labute approximate surface area is 224 Å². The Kier molecular flexibility index (Phi) is 13.8. The molecule has 5 N–H and O–H groups in total. The first-order valence-electron chi connectivity index (χ1n) is 9.09. The fourth-order valence-electron chi connectivity index (χ4n) is 2.10. The molecule has 0 radical (unpaired) electrons. The monoisotopic (exact) mass is 635 g/mol. The third kappa shape index (κ3) is 12.4. The van der Waals surface area contributed by atoms with Crippen molar-refractivity contribution in [3.63, 3.8) is 0 Å². The molecular formula is C19H19MoN7O4S4. The van der Waals surface area contributed by atoms with Crippen LogP contribution in [0, 0.1) is 5.41 Å². The van der Waals surface area contributed by atoms with E-state index in [1.807, 2.05) is 35.0 Å². The van der Waals surface area contributed by atoms with E-state index in [1.165, 1.54) is 35.6 Å². The van der Waals surface area contributed by atoms with Gasteiger partial charge in [-0.25, -0.2) is 0 Å². The predicted molar refractivity (Wildman–Crippen MR) is 137 cm³/mol. The molecule has 3 rings (SSSR count). The van der Waals surface area contributed by atoms with Gasteiger partial charge in [0.2, 0.25) is 0 Å². The minimum atomic E-state index is -3.76. The standard InChI is InChI=1S/C13H13N4O2S2.C6H7N3S2.Mo.2O/c1-9(12-3-2-8-20-12)17-21(18,19)11-6-4-10(5-7-11)16-13(14)15;7-6(10)9-8-4-5-2-1-3-11-5;;;/h2-8H,1H3,(H3-,14,15,16);1-4H,(H3,7,9,10);;;/q-1;;+2;;/p-1/b17-9-;8-4-;;;. The van der Waals surface area contributed by atoms with Crippen LogP contribution in [0.1, 0.15) is 16.7 Å². The van der Waals surface area contributed by atoms with Crippen LogP contribution in [0.2, 0.25) is 0 Å². The van der Waals surface area contributed by atoms with Crippen LogP contribution in [0.15, 0.2) is 78.8 Å². The van der Waals surface area contributed by atoms with Gasteiger partial charge in [0.1, 0.15) is 0 Å². The van der Waals surface area contributed by atoms with Crippen LogP contribution in [0.3, 0.4) is 0 Å². The van der Waals surface area contributed by atoms with Gasteiger partial charge in [-0.1, -0.05) is 24.3 Å². The van der Waals surface area contributed by atoms with Crippen molar-refractivity contribution in [2.75, 3.05) is 0 Å². The van der Waals surface area contributed by atoms with Gasteiger partial charge in [0.25, 0.3) is 10.0 Å². The molecule has 0 fully saturated rings. The minimum absolute atomic E-state index is 0.0535. The van der Waals surface area contributed by atoms with E-state index in [2.05, 4.69) is 32.5 Å². The number of hydrogen-bond acceptors (Lipinski definition) is 10. The molecule has 0 spiro atoms. The second-order valence-corrected chi connectivity index (χ2v) is 10.2. The van der Waals surface area contributed by atoms with E-state index in [0.29, 0.717) is 11.4 Å². The van der Waals surface area contributed by atoms with Gasteiger partial charge in [-0.05, 0) is 52.8 Å². The summed E-state index contributed by atoms with van der Waals surface area (Å²) < 4.78 is 45.2. The number of guanidine groups is 1. The Morgan fingerprint density at radius 2 is 1.69 bits per heavy atom. The molecule has 0 aliphatic heterocycles. The van der Waals surface area contributed by atoms with Crippen LogP contribution in [-0.4, -0.2) is 31.5 Å². The molecule has 2 heterocycles. The van der Waals surface area contributed by atoms with Crippen molar-refractivity contribution in [1.29, 1.82) is 5.41 Å². The third-order valence-electron chi connectivity index (χ3n) is 3.40. The SMILES string of the molecule is C/C(=N/S(=O)(=O)c1ccc([N-]C(=N)N)cc1)c1cccs1.N/C([S-])=N/N=C\c1cccs1.[O]=[Mo+2]=[O]. The number of thiophene rings is 2. The molecule has 11 nitrogen and oxygen atoms in total. The van der Waals surface area contributed by atoms with E-state index >= 15 is 0 Å². The summed E-state index contributed by atoms with van der Waals surface area (Å²) in [6, 6.07) is 13.3. The summed E-state index contributed by atoms with van der Waals surface area (Å²) >= 11 is 5.47. The number of amidine groups is 1. The van der Waals surface area contributed by atoms with Crippen molar-refractivity contribution < 1.29 is 33.7 Å². The second-order valence-electron chi connectivity index (χ2n) is 5.89. The van der Waals surface area contributed by atoms with E-state index in [9.17, 15) is 8.42 Å². The van der Waals surface area contributed by atoms with Crippen molar-refractivity contribution in [1.82, 2.24) is 0 Å². The van der Waals surface area contributed by atoms with Gasteiger partial charge in [-0.15, -0.1) is 22.7 Å². The Balaban J connectivity index is 0.000000366. The summed E-state index contributed by atoms with van der Waals surface area (Å²) in [6.07, 6.45) is 1.61. The molecule has 0 bridgehead atoms. The van der Waals surface area contributed by atoms with Crippen LogP contribution in [-0.2, 0) is 47.9 Å². The summed E-state index contributed by atoms with van der Waals surface area (Å²) in [5.74, 6) is -0.336. The van der Waals surface area contributed by atoms with Crippen molar-refractivity contribution >= 4 is 74.1 Å². The molecule has 16 heteroatoms. The number of benzene rings is 1. The van der Waals surface area contributed by atoms with Gasteiger partial charge >= 0.3 is 25.3 Å². The molecule has 0 saturated carbocycles. The van der Waals surface area contributed by atoms with Crippen molar-refractivity contribution in [3.05, 3.63) is 74.4 Å². The number of sulfonamides is 1. The normalized spacial score (nSPS) is 11.5. The second kappa shape index (κ2) is 15.9. The zero-order chi connectivity index (χ0) is 26.3. The van der Waals surface area contributed by atoms with Gasteiger partial charge in [0.05, 0.1) is 16.8 Å². The molecule has 1 aromatic carbocycles. The maximum atomic E-state index is 12.2. The third-order valence-corrected chi connectivity index (χ3v) is 6.65. The number of hydrogen-bond donors (Lipinski definition) is 3. The summed E-state index contributed by atoms with van der Waals surface area (Å²) in [4.78, 5) is 1.91. The quantitative estimate of drug-likeness (QED) is 0.121. The number of nitrogens with two attached hydrogens (primary N) is 2. The fourth-order valence-corrected chi connectivity index (χ4v) is 4.51.